The lowest BCUT2D eigenvalue weighted by atomic mass is 10.2. The van der Waals surface area contributed by atoms with E-state index in [1.807, 2.05) is 30.3 Å². The van der Waals surface area contributed by atoms with Crippen LogP contribution in [0.2, 0.25) is 0 Å². The molecule has 134 valence electrons. The topological polar surface area (TPSA) is 76.2 Å². The number of carbonyl (C=O) groups excluding carboxylic acids is 1. The van der Waals surface area contributed by atoms with Crippen LogP contribution in [-0.4, -0.2) is 36.6 Å². The number of benzene rings is 2. The molecule has 0 fully saturated rings. The predicted octanol–water partition coefficient (Wildman–Crippen LogP) is 3.07. The van der Waals surface area contributed by atoms with Crippen LogP contribution in [0.25, 0.3) is 11.4 Å². The number of methoxy groups -OCH3 is 2. The number of aromatic amines is 1. The third-order valence-corrected chi connectivity index (χ3v) is 3.97. The van der Waals surface area contributed by atoms with Gasteiger partial charge in [0.25, 0.3) is 5.91 Å². The zero-order chi connectivity index (χ0) is 18.4. The average Bonchev–Trinajstić information content (AvgIpc) is 3.17. The minimum Gasteiger partial charge on any atom is -0.497 e. The van der Waals surface area contributed by atoms with Crippen molar-refractivity contribution in [3.63, 3.8) is 0 Å². The van der Waals surface area contributed by atoms with E-state index in [0.29, 0.717) is 30.0 Å². The molecule has 1 aromatic heterocycles. The van der Waals surface area contributed by atoms with Crippen LogP contribution in [0.5, 0.6) is 11.5 Å². The maximum Gasteiger partial charge on any atom is 0.251 e. The molecule has 1 heterocycles. The molecule has 2 aromatic carbocycles. The molecule has 2 N–H and O–H groups in total. The number of amides is 1. The lowest BCUT2D eigenvalue weighted by Gasteiger charge is -2.09. The Bertz CT molecular complexity index is 853. The van der Waals surface area contributed by atoms with Crippen LogP contribution < -0.4 is 14.8 Å². The number of rotatable bonds is 7. The van der Waals surface area contributed by atoms with E-state index < -0.39 is 0 Å². The molecule has 3 aromatic rings. The SMILES string of the molecule is COc1cc(OC)cc(C(=O)NCCc2cnc(-c3ccccc3)[nH]2)c1. The van der Waals surface area contributed by atoms with Crippen LogP contribution in [-0.2, 0) is 6.42 Å². The summed E-state index contributed by atoms with van der Waals surface area (Å²) in [5.41, 5.74) is 2.49. The van der Waals surface area contributed by atoms with E-state index >= 15 is 0 Å². The summed E-state index contributed by atoms with van der Waals surface area (Å²) < 4.78 is 10.4. The highest BCUT2D eigenvalue weighted by Crippen LogP contribution is 2.22. The molecular formula is C20H21N3O3. The number of H-pyrrole nitrogens is 1. The number of aromatic nitrogens is 2. The number of nitrogens with zero attached hydrogens (tertiary/aromatic N) is 1. The molecular weight excluding hydrogens is 330 g/mol. The van der Waals surface area contributed by atoms with E-state index in [1.165, 1.54) is 0 Å². The number of hydrogen-bond donors (Lipinski definition) is 2. The molecule has 0 spiro atoms. The van der Waals surface area contributed by atoms with Gasteiger partial charge in [0, 0.05) is 42.0 Å². The first-order valence-electron chi connectivity index (χ1n) is 8.30. The third kappa shape index (κ3) is 4.22. The van der Waals surface area contributed by atoms with Gasteiger partial charge in [-0.05, 0) is 12.1 Å². The van der Waals surface area contributed by atoms with Gasteiger partial charge in [0.15, 0.2) is 0 Å². The van der Waals surface area contributed by atoms with Crippen LogP contribution in [0, 0.1) is 0 Å². The largest absolute Gasteiger partial charge is 0.497 e. The van der Waals surface area contributed by atoms with E-state index in [9.17, 15) is 4.79 Å². The van der Waals surface area contributed by atoms with Gasteiger partial charge >= 0.3 is 0 Å². The van der Waals surface area contributed by atoms with Crippen molar-refractivity contribution in [2.45, 2.75) is 6.42 Å². The van der Waals surface area contributed by atoms with Gasteiger partial charge in [-0.2, -0.15) is 0 Å². The molecule has 0 aliphatic heterocycles. The van der Waals surface area contributed by atoms with Crippen molar-refractivity contribution in [3.8, 4) is 22.9 Å². The van der Waals surface area contributed by atoms with Gasteiger partial charge in [-0.25, -0.2) is 4.98 Å². The molecule has 1 amide bonds. The minimum absolute atomic E-state index is 0.176. The Balaban J connectivity index is 1.58. The first-order valence-corrected chi connectivity index (χ1v) is 8.30. The molecule has 3 rings (SSSR count). The highest BCUT2D eigenvalue weighted by molar-refractivity contribution is 5.95. The maximum atomic E-state index is 12.3. The van der Waals surface area contributed by atoms with Crippen molar-refractivity contribution in [1.82, 2.24) is 15.3 Å². The smallest absolute Gasteiger partial charge is 0.251 e. The number of imidazole rings is 1. The molecule has 0 saturated heterocycles. The summed E-state index contributed by atoms with van der Waals surface area (Å²) in [5.74, 6) is 1.81. The quantitative estimate of drug-likeness (QED) is 0.686. The summed E-state index contributed by atoms with van der Waals surface area (Å²) in [6.45, 7) is 0.495. The summed E-state index contributed by atoms with van der Waals surface area (Å²) >= 11 is 0. The van der Waals surface area contributed by atoms with E-state index in [1.54, 1.807) is 38.6 Å². The van der Waals surface area contributed by atoms with Crippen LogP contribution in [0.1, 0.15) is 16.1 Å². The predicted molar refractivity (Wildman–Crippen MR) is 99.6 cm³/mol. The highest BCUT2D eigenvalue weighted by Gasteiger charge is 2.10. The highest BCUT2D eigenvalue weighted by atomic mass is 16.5. The molecule has 6 heteroatoms. The van der Waals surface area contributed by atoms with E-state index in [0.717, 1.165) is 17.1 Å². The van der Waals surface area contributed by atoms with Crippen molar-refractivity contribution in [3.05, 3.63) is 66.0 Å². The Morgan fingerprint density at radius 3 is 2.42 bits per heavy atom. The molecule has 0 radical (unpaired) electrons. The second-order valence-corrected chi connectivity index (χ2v) is 5.73. The molecule has 0 atom stereocenters. The monoisotopic (exact) mass is 351 g/mol. The fourth-order valence-corrected chi connectivity index (χ4v) is 2.58. The van der Waals surface area contributed by atoms with Gasteiger partial charge in [-0.1, -0.05) is 30.3 Å². The summed E-state index contributed by atoms with van der Waals surface area (Å²) in [5, 5.41) is 2.90. The third-order valence-electron chi connectivity index (χ3n) is 3.97. The van der Waals surface area contributed by atoms with Crippen molar-refractivity contribution in [2.75, 3.05) is 20.8 Å². The van der Waals surface area contributed by atoms with Crippen LogP contribution >= 0.6 is 0 Å². The van der Waals surface area contributed by atoms with Gasteiger partial charge in [-0.3, -0.25) is 4.79 Å². The lowest BCUT2D eigenvalue weighted by Crippen LogP contribution is -2.25. The number of hydrogen-bond acceptors (Lipinski definition) is 4. The fraction of sp³-hybridized carbons (Fsp3) is 0.200. The number of carbonyl (C=O) groups is 1. The Morgan fingerprint density at radius 1 is 1.08 bits per heavy atom. The van der Waals surface area contributed by atoms with Gasteiger partial charge in [-0.15, -0.1) is 0 Å². The van der Waals surface area contributed by atoms with Gasteiger partial charge in [0.2, 0.25) is 0 Å². The first-order chi connectivity index (χ1) is 12.7. The molecule has 0 saturated carbocycles. The van der Waals surface area contributed by atoms with Gasteiger partial charge in [0.05, 0.1) is 14.2 Å². The second-order valence-electron chi connectivity index (χ2n) is 5.73. The molecule has 0 bridgehead atoms. The van der Waals surface area contributed by atoms with Gasteiger partial charge < -0.3 is 19.8 Å². The Morgan fingerprint density at radius 2 is 1.77 bits per heavy atom. The van der Waals surface area contributed by atoms with Gasteiger partial charge in [0.1, 0.15) is 17.3 Å². The summed E-state index contributed by atoms with van der Waals surface area (Å²) in [6, 6.07) is 15.0. The minimum atomic E-state index is -0.176. The van der Waals surface area contributed by atoms with Crippen LogP contribution in [0.4, 0.5) is 0 Å². The van der Waals surface area contributed by atoms with E-state index in [2.05, 4.69) is 15.3 Å². The van der Waals surface area contributed by atoms with E-state index in [4.69, 9.17) is 9.47 Å². The standard InChI is InChI=1S/C20H21N3O3/c1-25-17-10-15(11-18(12-17)26-2)20(24)21-9-8-16-13-22-19(23-16)14-6-4-3-5-7-14/h3-7,10-13H,8-9H2,1-2H3,(H,21,24)(H,22,23). The van der Waals surface area contributed by atoms with Crippen LogP contribution in [0.15, 0.2) is 54.7 Å². The Hall–Kier alpha value is -3.28. The van der Waals surface area contributed by atoms with Crippen molar-refractivity contribution in [2.24, 2.45) is 0 Å². The van der Waals surface area contributed by atoms with E-state index in [-0.39, 0.29) is 5.91 Å². The maximum absolute atomic E-state index is 12.3. The summed E-state index contributed by atoms with van der Waals surface area (Å²) in [6.07, 6.45) is 2.45. The Kier molecular flexibility index (Phi) is 5.53. The zero-order valence-corrected chi connectivity index (χ0v) is 14.8. The fourth-order valence-electron chi connectivity index (χ4n) is 2.58. The normalized spacial score (nSPS) is 10.4. The second kappa shape index (κ2) is 8.20. The summed E-state index contributed by atoms with van der Waals surface area (Å²) in [4.78, 5) is 20.0. The Labute approximate surface area is 152 Å². The zero-order valence-electron chi connectivity index (χ0n) is 14.8. The van der Waals surface area contributed by atoms with Crippen LogP contribution in [0.3, 0.4) is 0 Å². The first kappa shape index (κ1) is 17.5. The van der Waals surface area contributed by atoms with Crippen molar-refractivity contribution in [1.29, 1.82) is 0 Å². The lowest BCUT2D eigenvalue weighted by molar-refractivity contribution is 0.0953. The molecule has 0 unspecified atom stereocenters. The molecule has 0 aliphatic rings. The van der Waals surface area contributed by atoms with Crippen molar-refractivity contribution < 1.29 is 14.3 Å². The summed E-state index contributed by atoms with van der Waals surface area (Å²) in [7, 11) is 3.11. The molecule has 26 heavy (non-hydrogen) atoms. The van der Waals surface area contributed by atoms with Crippen molar-refractivity contribution >= 4 is 5.91 Å². The average molecular weight is 351 g/mol. The number of nitrogens with one attached hydrogen (secondary N) is 2. The molecule has 0 aliphatic carbocycles. The molecule has 6 nitrogen and oxygen atoms in total. The number of ether oxygens (including phenoxy) is 2.